The number of carboxylic acid groups (broad SMARTS) is 1. The molecule has 0 fully saturated rings. The normalized spacial score (nSPS) is 10.4. The highest BCUT2D eigenvalue weighted by molar-refractivity contribution is 5.95. The summed E-state index contributed by atoms with van der Waals surface area (Å²) in [5.41, 5.74) is 3.31. The smallest absolute Gasteiger partial charge is 0.337 e. The minimum Gasteiger partial charge on any atom is -0.478 e. The predicted molar refractivity (Wildman–Crippen MR) is 96.2 cm³/mol. The summed E-state index contributed by atoms with van der Waals surface area (Å²) >= 11 is 0. The molecule has 1 amide bonds. The second kappa shape index (κ2) is 7.06. The molecule has 0 aliphatic carbocycles. The zero-order chi connectivity index (χ0) is 18.7. The monoisotopic (exact) mass is 351 g/mol. The summed E-state index contributed by atoms with van der Waals surface area (Å²) in [6.45, 7) is 1.86. The first-order valence-corrected chi connectivity index (χ1v) is 7.82. The van der Waals surface area contributed by atoms with Crippen molar-refractivity contribution in [2.45, 2.75) is 6.92 Å². The molecule has 132 valence electrons. The van der Waals surface area contributed by atoms with E-state index in [1.807, 2.05) is 6.92 Å². The molecule has 0 bridgehead atoms. The second-order valence-corrected chi connectivity index (χ2v) is 5.53. The van der Waals surface area contributed by atoms with Crippen LogP contribution in [0.4, 0.5) is 11.4 Å². The van der Waals surface area contributed by atoms with E-state index >= 15 is 0 Å². The van der Waals surface area contributed by atoms with Crippen molar-refractivity contribution in [3.8, 4) is 5.69 Å². The Labute approximate surface area is 149 Å². The summed E-state index contributed by atoms with van der Waals surface area (Å²) in [5.74, 6) is -1.20. The summed E-state index contributed by atoms with van der Waals surface area (Å²) in [6.07, 6.45) is 4.50. The van der Waals surface area contributed by atoms with Crippen molar-refractivity contribution in [1.29, 1.82) is 0 Å². The van der Waals surface area contributed by atoms with Gasteiger partial charge in [-0.1, -0.05) is 0 Å². The summed E-state index contributed by atoms with van der Waals surface area (Å²) in [6, 6.07) is 8.45. The molecule has 0 aliphatic heterocycles. The summed E-state index contributed by atoms with van der Waals surface area (Å²) in [7, 11) is 1.58. The van der Waals surface area contributed by atoms with Gasteiger partial charge in [-0.25, -0.2) is 9.48 Å². The van der Waals surface area contributed by atoms with Crippen LogP contribution in [-0.2, 0) is 0 Å². The van der Waals surface area contributed by atoms with Gasteiger partial charge < -0.3 is 15.7 Å². The standard InChI is InChI=1S/C18H17N5O3/c1-11-15(22-16-9-20-8-7-14(16)18(25)26)10-21-23(11)13-5-3-12(4-6-13)17(24)19-2/h3-10,22H,1-2H3,(H,19,24)(H,25,26). The number of aromatic nitrogens is 3. The Morgan fingerprint density at radius 1 is 1.08 bits per heavy atom. The van der Waals surface area contributed by atoms with Crippen LogP contribution in [0.3, 0.4) is 0 Å². The van der Waals surface area contributed by atoms with Crippen molar-refractivity contribution in [3.63, 3.8) is 0 Å². The van der Waals surface area contributed by atoms with Crippen LogP contribution in [0, 0.1) is 6.92 Å². The lowest BCUT2D eigenvalue weighted by Crippen LogP contribution is -2.17. The Morgan fingerprint density at radius 2 is 1.81 bits per heavy atom. The third-order valence-corrected chi connectivity index (χ3v) is 3.93. The Balaban J connectivity index is 1.89. The number of amides is 1. The third kappa shape index (κ3) is 3.25. The van der Waals surface area contributed by atoms with Crippen LogP contribution in [0.25, 0.3) is 5.69 Å². The molecule has 8 nitrogen and oxygen atoms in total. The van der Waals surface area contributed by atoms with Crippen molar-refractivity contribution in [2.24, 2.45) is 0 Å². The Bertz CT molecular complexity index is 963. The molecule has 0 saturated heterocycles. The fourth-order valence-corrected chi connectivity index (χ4v) is 2.52. The molecule has 2 heterocycles. The first kappa shape index (κ1) is 17.2. The van der Waals surface area contributed by atoms with Gasteiger partial charge in [-0.15, -0.1) is 0 Å². The molecule has 0 saturated carbocycles. The molecule has 1 aromatic carbocycles. The number of carbonyl (C=O) groups excluding carboxylic acids is 1. The van der Waals surface area contributed by atoms with Crippen LogP contribution in [0.15, 0.2) is 48.9 Å². The number of benzene rings is 1. The molecule has 0 radical (unpaired) electrons. The highest BCUT2D eigenvalue weighted by Crippen LogP contribution is 2.24. The van der Waals surface area contributed by atoms with Crippen LogP contribution < -0.4 is 10.6 Å². The van der Waals surface area contributed by atoms with Crippen molar-refractivity contribution < 1.29 is 14.7 Å². The number of carbonyl (C=O) groups is 2. The van der Waals surface area contributed by atoms with Crippen LogP contribution in [0.1, 0.15) is 26.4 Å². The lowest BCUT2D eigenvalue weighted by molar-refractivity contribution is 0.0697. The summed E-state index contributed by atoms with van der Waals surface area (Å²) in [5, 5.41) is 19.2. The molecule has 0 unspecified atom stereocenters. The Kier molecular flexibility index (Phi) is 4.66. The maximum atomic E-state index is 11.6. The Morgan fingerprint density at radius 3 is 2.46 bits per heavy atom. The Hall–Kier alpha value is -3.68. The van der Waals surface area contributed by atoms with Crippen molar-refractivity contribution in [1.82, 2.24) is 20.1 Å². The minimum absolute atomic E-state index is 0.127. The van der Waals surface area contributed by atoms with Crippen LogP contribution in [-0.4, -0.2) is 38.8 Å². The van der Waals surface area contributed by atoms with Gasteiger partial charge in [0.05, 0.1) is 40.7 Å². The number of hydrogen-bond acceptors (Lipinski definition) is 5. The number of nitrogens with one attached hydrogen (secondary N) is 2. The molecule has 0 spiro atoms. The van der Waals surface area contributed by atoms with E-state index in [1.54, 1.807) is 42.2 Å². The zero-order valence-electron chi connectivity index (χ0n) is 14.2. The highest BCUT2D eigenvalue weighted by Gasteiger charge is 2.14. The molecule has 3 rings (SSSR count). The van der Waals surface area contributed by atoms with E-state index in [1.165, 1.54) is 18.5 Å². The van der Waals surface area contributed by atoms with Gasteiger partial charge in [-0.3, -0.25) is 9.78 Å². The van der Waals surface area contributed by atoms with E-state index in [9.17, 15) is 14.7 Å². The fourth-order valence-electron chi connectivity index (χ4n) is 2.52. The number of pyridine rings is 1. The van der Waals surface area contributed by atoms with Crippen LogP contribution >= 0.6 is 0 Å². The molecule has 0 aliphatic rings. The van der Waals surface area contributed by atoms with Gasteiger partial charge in [0.1, 0.15) is 0 Å². The molecular formula is C18H17N5O3. The molecule has 0 atom stereocenters. The SMILES string of the molecule is CNC(=O)c1ccc(-n2ncc(Nc3cnccc3C(=O)O)c2C)cc1. The zero-order valence-corrected chi connectivity index (χ0v) is 14.2. The number of nitrogens with zero attached hydrogens (tertiary/aromatic N) is 3. The largest absolute Gasteiger partial charge is 0.478 e. The lowest BCUT2D eigenvalue weighted by Gasteiger charge is -2.09. The highest BCUT2D eigenvalue weighted by atomic mass is 16.4. The van der Waals surface area contributed by atoms with Gasteiger partial charge in [-0.05, 0) is 37.3 Å². The topological polar surface area (TPSA) is 109 Å². The van der Waals surface area contributed by atoms with Crippen LogP contribution in [0.5, 0.6) is 0 Å². The summed E-state index contributed by atoms with van der Waals surface area (Å²) < 4.78 is 1.70. The van der Waals surface area contributed by atoms with Gasteiger partial charge in [0, 0.05) is 18.8 Å². The average molecular weight is 351 g/mol. The van der Waals surface area contributed by atoms with E-state index in [4.69, 9.17) is 0 Å². The molecule has 26 heavy (non-hydrogen) atoms. The quantitative estimate of drug-likeness (QED) is 0.651. The van der Waals surface area contributed by atoms with E-state index in [-0.39, 0.29) is 11.5 Å². The van der Waals surface area contributed by atoms with Gasteiger partial charge in [0.2, 0.25) is 0 Å². The number of anilines is 2. The molecule has 8 heteroatoms. The van der Waals surface area contributed by atoms with Crippen LogP contribution in [0.2, 0.25) is 0 Å². The average Bonchev–Trinajstić information content (AvgIpc) is 3.02. The third-order valence-electron chi connectivity index (χ3n) is 3.93. The van der Waals surface area contributed by atoms with E-state index in [0.717, 1.165) is 11.4 Å². The predicted octanol–water partition coefficient (Wildman–Crippen LogP) is 2.38. The number of carboxylic acids is 1. The first-order valence-electron chi connectivity index (χ1n) is 7.82. The lowest BCUT2D eigenvalue weighted by atomic mass is 10.2. The maximum absolute atomic E-state index is 11.6. The number of aromatic carboxylic acids is 1. The fraction of sp³-hybridized carbons (Fsp3) is 0.111. The van der Waals surface area contributed by atoms with Gasteiger partial charge in [-0.2, -0.15) is 5.10 Å². The van der Waals surface area contributed by atoms with Crippen molar-refractivity contribution >= 4 is 23.3 Å². The van der Waals surface area contributed by atoms with Gasteiger partial charge in [0.25, 0.3) is 5.91 Å². The van der Waals surface area contributed by atoms with E-state index in [2.05, 4.69) is 20.7 Å². The minimum atomic E-state index is -1.04. The summed E-state index contributed by atoms with van der Waals surface area (Å²) in [4.78, 5) is 26.9. The van der Waals surface area contributed by atoms with Crippen molar-refractivity contribution in [2.75, 3.05) is 12.4 Å². The maximum Gasteiger partial charge on any atom is 0.337 e. The molecule has 3 aromatic rings. The number of hydrogen-bond donors (Lipinski definition) is 3. The number of rotatable bonds is 5. The van der Waals surface area contributed by atoms with E-state index in [0.29, 0.717) is 16.9 Å². The molecule has 2 aromatic heterocycles. The van der Waals surface area contributed by atoms with E-state index < -0.39 is 5.97 Å². The van der Waals surface area contributed by atoms with Gasteiger partial charge >= 0.3 is 5.97 Å². The van der Waals surface area contributed by atoms with Crippen molar-refractivity contribution in [3.05, 3.63) is 65.7 Å². The second-order valence-electron chi connectivity index (χ2n) is 5.53. The molecule has 3 N–H and O–H groups in total. The van der Waals surface area contributed by atoms with Gasteiger partial charge in [0.15, 0.2) is 0 Å². The molecular weight excluding hydrogens is 334 g/mol. The first-order chi connectivity index (χ1) is 12.5.